The van der Waals surface area contributed by atoms with E-state index in [4.69, 9.17) is 0 Å². The molecule has 0 spiro atoms. The second-order valence-electron chi connectivity index (χ2n) is 33.3. The van der Waals surface area contributed by atoms with Gasteiger partial charge in [0.15, 0.2) is 0 Å². The molecular weight excluding hydrogens is 1420 g/mol. The molecule has 0 saturated carbocycles. The van der Waals surface area contributed by atoms with Crippen LogP contribution >= 0.6 is 0 Å². The van der Waals surface area contributed by atoms with E-state index < -0.39 is 0 Å². The molecule has 19 aromatic carbocycles. The maximum absolute atomic E-state index is 2.71. The maximum Gasteiger partial charge on any atom is 0.0349 e. The Morgan fingerprint density at radius 2 is 0.144 bits per heavy atom. The summed E-state index contributed by atoms with van der Waals surface area (Å²) in [6.45, 7) is 0. The van der Waals surface area contributed by atoms with Crippen LogP contribution in [-0.2, 0) is 0 Å². The van der Waals surface area contributed by atoms with E-state index in [9.17, 15) is 0 Å². The molecule has 0 heteroatoms. The minimum absolute atomic E-state index is 0.0261. The van der Waals surface area contributed by atoms with Gasteiger partial charge >= 0.3 is 0 Å². The predicted molar refractivity (Wildman–Crippen MR) is 490 cm³/mol. The van der Waals surface area contributed by atoms with Crippen LogP contribution < -0.4 is 0 Å². The Labute approximate surface area is 688 Å². The first-order valence-electron chi connectivity index (χ1n) is 41.6. The third-order valence-corrected chi connectivity index (χ3v) is 27.1. The molecule has 4 atom stereocenters. The Kier molecular flexibility index (Phi) is 14.9. The standard InChI is InChI=1S/C118H74/c1-2-72-4-3-71(1)75-9-17-79(18-10-75)83-25-33-87(34-26-83)91-41-49-95(50-42-91)99-57-61-103-107(65-99)115-105-63-59-101-67-109(105)116(103)112-70-113-114(69-111(112)115)118-104-62-58-100(96-51-43-92(44-52-96)88-35-27-84(28-36-88)80-19-11-76(72)12-20-80)66-108(104)117(113)106-64-60-102(68-110(106)118)98-55-47-94(48-56-98)90-39-31-86(32-40-90)82-23-15-78(16-24-82)74-7-5-73(6-8-74)77-13-21-81(22-14-77)85-29-37-89(38-30-85)93-45-53-97(101)54-46-93/h1-70,115-118H. The van der Waals surface area contributed by atoms with Gasteiger partial charge in [0.1, 0.15) is 0 Å². The molecule has 63 aliphatic rings. The highest BCUT2D eigenvalue weighted by molar-refractivity contribution is 5.87. The zero-order valence-electron chi connectivity index (χ0n) is 64.7. The van der Waals surface area contributed by atoms with Crippen molar-refractivity contribution in [2.45, 2.75) is 23.7 Å². The van der Waals surface area contributed by atoms with Gasteiger partial charge in [0, 0.05) is 23.7 Å². The van der Waals surface area contributed by atoms with Gasteiger partial charge in [0.2, 0.25) is 0 Å². The van der Waals surface area contributed by atoms with Crippen LogP contribution in [0.4, 0.5) is 0 Å². The average Bonchev–Trinajstić information content (AvgIpc) is 0.677. The summed E-state index contributed by atoms with van der Waals surface area (Å²) in [6, 6.07) is 163. The van der Waals surface area contributed by atoms with Gasteiger partial charge in [-0.15, -0.1) is 0 Å². The molecule has 0 N–H and O–H groups in total. The molecule has 0 amide bonds. The van der Waals surface area contributed by atoms with Crippen LogP contribution in [0.3, 0.4) is 0 Å². The first kappa shape index (κ1) is 66.6. The first-order chi connectivity index (χ1) is 58.4. The Morgan fingerprint density at radius 3 is 0.246 bits per heavy atom. The lowest BCUT2D eigenvalue weighted by atomic mass is 9.56. The summed E-state index contributed by atoms with van der Waals surface area (Å²) in [6.07, 6.45) is 0. The largest absolute Gasteiger partial charge is 0.0572 e. The quantitative estimate of drug-likeness (QED) is 0.142. The molecule has 546 valence electrons. The van der Waals surface area contributed by atoms with Gasteiger partial charge in [-0.05, 0) is 269 Å². The van der Waals surface area contributed by atoms with E-state index in [-0.39, 0.29) is 23.7 Å². The molecule has 19 aromatic rings. The molecule has 82 rings (SSSR count). The maximum atomic E-state index is 2.71. The Hall–Kier alpha value is -14.8. The smallest absolute Gasteiger partial charge is 0.0349 e. The van der Waals surface area contributed by atoms with Crippen molar-refractivity contribution in [3.8, 4) is 178 Å². The first-order valence-corrected chi connectivity index (χ1v) is 41.6. The summed E-state index contributed by atoms with van der Waals surface area (Å²) in [5.74, 6) is 0.104. The monoisotopic (exact) mass is 1490 g/mol. The third-order valence-electron chi connectivity index (χ3n) is 27.1. The van der Waals surface area contributed by atoms with Crippen LogP contribution in [0, 0.1) is 0 Å². The van der Waals surface area contributed by atoms with Crippen LogP contribution in [0.1, 0.15) is 90.4 Å². The minimum atomic E-state index is 0.0261. The van der Waals surface area contributed by atoms with Gasteiger partial charge in [-0.1, -0.05) is 400 Å². The van der Waals surface area contributed by atoms with Crippen LogP contribution in [0.15, 0.2) is 425 Å². The van der Waals surface area contributed by atoms with Gasteiger partial charge in [-0.3, -0.25) is 0 Å². The lowest BCUT2D eigenvalue weighted by molar-refractivity contribution is 0.717. The molecule has 0 saturated heterocycles. The molecule has 0 aromatic heterocycles. The Morgan fingerprint density at radius 1 is 0.0678 bits per heavy atom. The lowest BCUT2D eigenvalue weighted by Crippen LogP contribution is -2.32. The van der Waals surface area contributed by atoms with Crippen molar-refractivity contribution >= 4 is 0 Å². The molecule has 0 aliphatic heterocycles. The summed E-state index contributed by atoms with van der Waals surface area (Å²) in [5, 5.41) is 0. The van der Waals surface area contributed by atoms with E-state index in [0.717, 1.165) is 0 Å². The summed E-state index contributed by atoms with van der Waals surface area (Å²) < 4.78 is 0. The molecule has 4 unspecified atom stereocenters. The van der Waals surface area contributed by atoms with Gasteiger partial charge in [0.25, 0.3) is 0 Å². The van der Waals surface area contributed by atoms with Crippen LogP contribution in [0.25, 0.3) is 178 Å². The van der Waals surface area contributed by atoms with E-state index in [2.05, 4.69) is 425 Å². The Balaban J connectivity index is 0.628. The molecule has 118 heavy (non-hydrogen) atoms. The van der Waals surface area contributed by atoms with Crippen molar-refractivity contribution < 1.29 is 0 Å². The van der Waals surface area contributed by atoms with Crippen LogP contribution in [0.2, 0.25) is 0 Å². The van der Waals surface area contributed by atoms with Gasteiger partial charge < -0.3 is 0 Å². The van der Waals surface area contributed by atoms with Gasteiger partial charge in [0.05, 0.1) is 0 Å². The SMILES string of the molecule is c1cc2ccc1-c1ccc(cc1)-c1ccc(cc1)-c1ccc(cc1)-c1ccc3c(c1)C1c4ccc5cc4C3c3cc4c(cc31)C1c3ccc(cc3C4c3ccc(cc31)-c1ccc(cc1)-c1ccc(cc1)-c1ccc(cc1)-c1ccc(cc1)-c1ccc(cc1)-c1ccc(cc1)-c1ccc-5cc1)-c1ccc(cc1)-c1ccc(cc1)-c1ccc-2cc1. The molecule has 63 aliphatic carbocycles. The van der Waals surface area contributed by atoms with Crippen LogP contribution in [-0.4, -0.2) is 0 Å². The molecular formula is C118H74. The zero-order chi connectivity index (χ0) is 77.2. The molecule has 0 radical (unpaired) electrons. The molecule has 48 bridgehead atoms. The molecule has 0 fully saturated rings. The minimum Gasteiger partial charge on any atom is -0.0572 e. The van der Waals surface area contributed by atoms with E-state index in [1.807, 2.05) is 0 Å². The van der Waals surface area contributed by atoms with Crippen molar-refractivity contribution in [3.63, 3.8) is 0 Å². The fourth-order valence-electron chi connectivity index (χ4n) is 20.7. The predicted octanol–water partition coefficient (Wildman–Crippen LogP) is 31.0. The van der Waals surface area contributed by atoms with Crippen molar-refractivity contribution in [2.75, 3.05) is 0 Å². The van der Waals surface area contributed by atoms with E-state index in [0.29, 0.717) is 0 Å². The second kappa shape index (κ2) is 26.4. The highest BCUT2D eigenvalue weighted by atomic mass is 14.5. The zero-order valence-corrected chi connectivity index (χ0v) is 64.7. The number of benzene rings is 19. The normalized spacial score (nSPS) is 15.1. The highest BCUT2D eigenvalue weighted by Gasteiger charge is 2.47. The van der Waals surface area contributed by atoms with Crippen molar-refractivity contribution in [1.82, 2.24) is 0 Å². The van der Waals surface area contributed by atoms with E-state index in [1.54, 1.807) is 0 Å². The third kappa shape index (κ3) is 10.9. The van der Waals surface area contributed by atoms with Gasteiger partial charge in [-0.25, -0.2) is 0 Å². The van der Waals surface area contributed by atoms with Crippen molar-refractivity contribution in [3.05, 3.63) is 491 Å². The number of hydrogen-bond donors (Lipinski definition) is 0. The van der Waals surface area contributed by atoms with Gasteiger partial charge in [-0.2, -0.15) is 0 Å². The van der Waals surface area contributed by atoms with E-state index in [1.165, 1.54) is 245 Å². The second-order valence-corrected chi connectivity index (χ2v) is 33.3. The summed E-state index contributed by atoms with van der Waals surface area (Å²) in [7, 11) is 0. The highest BCUT2D eigenvalue weighted by Crippen LogP contribution is 2.63. The topological polar surface area (TPSA) is 0 Å². The summed E-state index contributed by atoms with van der Waals surface area (Å²) >= 11 is 0. The Bertz CT molecular complexity index is 6360. The number of hydrogen-bond acceptors (Lipinski definition) is 0. The molecule has 0 nitrogen and oxygen atoms in total. The summed E-state index contributed by atoms with van der Waals surface area (Å²) in [4.78, 5) is 0. The summed E-state index contributed by atoms with van der Waals surface area (Å²) in [5.41, 5.74) is 55.7. The lowest BCUT2D eigenvalue weighted by Gasteiger charge is -2.47. The van der Waals surface area contributed by atoms with Crippen molar-refractivity contribution in [2.24, 2.45) is 0 Å². The average molecular weight is 1490 g/mol. The van der Waals surface area contributed by atoms with Crippen molar-refractivity contribution in [1.29, 1.82) is 0 Å². The van der Waals surface area contributed by atoms with Crippen LogP contribution in [0.5, 0.6) is 0 Å². The fourth-order valence-corrected chi connectivity index (χ4v) is 20.7. The number of rotatable bonds is 0. The molecule has 0 heterocycles. The fraction of sp³-hybridized carbons (Fsp3) is 0.0339. The van der Waals surface area contributed by atoms with E-state index >= 15 is 0 Å².